The Labute approximate surface area is 166 Å². The molecule has 0 N–H and O–H groups in total. The summed E-state index contributed by atoms with van der Waals surface area (Å²) < 4.78 is 7.64. The van der Waals surface area contributed by atoms with Gasteiger partial charge in [-0.05, 0) is 12.1 Å². The molecule has 1 aliphatic rings. The Hall–Kier alpha value is -3.13. The lowest BCUT2D eigenvalue weighted by atomic mass is 10.2. The molecule has 0 spiro atoms. The van der Waals surface area contributed by atoms with E-state index in [0.717, 1.165) is 48.8 Å². The molecular weight excluding hydrogens is 378 g/mol. The van der Waals surface area contributed by atoms with Gasteiger partial charge in [0.1, 0.15) is 11.3 Å². The van der Waals surface area contributed by atoms with Crippen molar-refractivity contribution in [2.24, 2.45) is 7.05 Å². The normalized spacial score (nSPS) is 14.8. The molecule has 142 valence electrons. The van der Waals surface area contributed by atoms with Gasteiger partial charge in [0.05, 0.1) is 24.3 Å². The lowest BCUT2D eigenvalue weighted by molar-refractivity contribution is 0.540. The van der Waals surface area contributed by atoms with Crippen molar-refractivity contribution in [3.05, 3.63) is 48.0 Å². The zero-order chi connectivity index (χ0) is 19.1. The molecule has 0 atom stereocenters. The van der Waals surface area contributed by atoms with Crippen LogP contribution >= 0.6 is 11.6 Å². The molecule has 5 rings (SSSR count). The van der Waals surface area contributed by atoms with Crippen molar-refractivity contribution >= 4 is 34.5 Å². The summed E-state index contributed by atoms with van der Waals surface area (Å²) in [5.41, 5.74) is 3.31. The maximum atomic E-state index is 6.03. The van der Waals surface area contributed by atoms with Gasteiger partial charge in [-0.2, -0.15) is 10.1 Å². The number of aryl methyl sites for hydroxylation is 1. The lowest BCUT2D eigenvalue weighted by Gasteiger charge is -2.34. The summed E-state index contributed by atoms with van der Waals surface area (Å²) in [5, 5.41) is 4.85. The van der Waals surface area contributed by atoms with Gasteiger partial charge >= 0.3 is 0 Å². The standard InChI is InChI=1S/C19H18ClN7O/c1-25-12-13(9-22-25)16-10-21-11-18(23-16)26-4-6-27(7-5-26)19-24-15-3-2-14(20)8-17(15)28-19/h2-3,8-12H,4-7H2,1H3. The highest BCUT2D eigenvalue weighted by atomic mass is 35.5. The molecule has 28 heavy (non-hydrogen) atoms. The number of oxazole rings is 1. The molecule has 0 unspecified atom stereocenters. The Balaban J connectivity index is 1.31. The fourth-order valence-electron chi connectivity index (χ4n) is 3.35. The zero-order valence-electron chi connectivity index (χ0n) is 15.3. The van der Waals surface area contributed by atoms with E-state index >= 15 is 0 Å². The van der Waals surface area contributed by atoms with Crippen LogP contribution in [0.25, 0.3) is 22.4 Å². The zero-order valence-corrected chi connectivity index (χ0v) is 16.0. The van der Waals surface area contributed by atoms with Crippen LogP contribution in [0.15, 0.2) is 47.4 Å². The van der Waals surface area contributed by atoms with E-state index in [1.807, 2.05) is 25.4 Å². The van der Waals surface area contributed by atoms with Crippen molar-refractivity contribution in [3.8, 4) is 11.3 Å². The highest BCUT2D eigenvalue weighted by Gasteiger charge is 2.22. The van der Waals surface area contributed by atoms with Gasteiger partial charge in [-0.1, -0.05) is 11.6 Å². The quantitative estimate of drug-likeness (QED) is 0.527. The van der Waals surface area contributed by atoms with Crippen molar-refractivity contribution in [1.29, 1.82) is 0 Å². The first kappa shape index (κ1) is 17.0. The highest BCUT2D eigenvalue weighted by molar-refractivity contribution is 6.31. The lowest BCUT2D eigenvalue weighted by Crippen LogP contribution is -2.47. The van der Waals surface area contributed by atoms with Gasteiger partial charge in [0.25, 0.3) is 6.01 Å². The average molecular weight is 396 g/mol. The molecule has 3 aromatic heterocycles. The van der Waals surface area contributed by atoms with Crippen LogP contribution in [0.2, 0.25) is 5.02 Å². The Morgan fingerprint density at radius 2 is 1.82 bits per heavy atom. The Bertz CT molecular complexity index is 1130. The molecule has 1 fully saturated rings. The van der Waals surface area contributed by atoms with E-state index in [9.17, 15) is 0 Å². The Kier molecular flexibility index (Phi) is 4.12. The Morgan fingerprint density at radius 1 is 1.00 bits per heavy atom. The Morgan fingerprint density at radius 3 is 2.61 bits per heavy atom. The molecule has 1 aliphatic heterocycles. The molecule has 4 aromatic rings. The number of fused-ring (bicyclic) bond motifs is 1. The van der Waals surface area contributed by atoms with Crippen LogP contribution in [-0.4, -0.2) is 50.9 Å². The van der Waals surface area contributed by atoms with Crippen LogP contribution in [0.1, 0.15) is 0 Å². The summed E-state index contributed by atoms with van der Waals surface area (Å²) >= 11 is 6.03. The number of benzene rings is 1. The van der Waals surface area contributed by atoms with Crippen LogP contribution < -0.4 is 9.80 Å². The molecule has 4 heterocycles. The summed E-state index contributed by atoms with van der Waals surface area (Å²) in [6.45, 7) is 3.20. The minimum atomic E-state index is 0.632. The molecule has 0 saturated carbocycles. The second-order valence-corrected chi connectivity index (χ2v) is 7.18. The van der Waals surface area contributed by atoms with E-state index < -0.39 is 0 Å². The topological polar surface area (TPSA) is 76.1 Å². The molecule has 0 aliphatic carbocycles. The van der Waals surface area contributed by atoms with E-state index in [-0.39, 0.29) is 0 Å². The first-order valence-electron chi connectivity index (χ1n) is 9.03. The van der Waals surface area contributed by atoms with Gasteiger partial charge in [-0.15, -0.1) is 0 Å². The van der Waals surface area contributed by atoms with E-state index in [4.69, 9.17) is 21.0 Å². The van der Waals surface area contributed by atoms with Crippen LogP contribution in [0.4, 0.5) is 11.8 Å². The SMILES string of the molecule is Cn1cc(-c2cncc(N3CCN(c4nc5ccc(Cl)cc5o4)CC3)n2)cn1. The summed E-state index contributed by atoms with van der Waals surface area (Å²) in [7, 11) is 1.89. The molecular formula is C19H18ClN7O. The minimum Gasteiger partial charge on any atom is -0.423 e. The number of piperazine rings is 1. The predicted octanol–water partition coefficient (Wildman–Crippen LogP) is 3.00. The maximum absolute atomic E-state index is 6.03. The fraction of sp³-hybridized carbons (Fsp3) is 0.263. The second kappa shape index (κ2) is 6.79. The number of aromatic nitrogens is 5. The van der Waals surface area contributed by atoms with Gasteiger partial charge < -0.3 is 14.2 Å². The van der Waals surface area contributed by atoms with Crippen LogP contribution in [0.3, 0.4) is 0 Å². The number of rotatable bonds is 3. The van der Waals surface area contributed by atoms with E-state index in [1.54, 1.807) is 29.3 Å². The summed E-state index contributed by atoms with van der Waals surface area (Å²) in [5.74, 6) is 0.866. The van der Waals surface area contributed by atoms with Gasteiger partial charge in [0.2, 0.25) is 0 Å². The summed E-state index contributed by atoms with van der Waals surface area (Å²) in [6, 6.07) is 6.12. The number of hydrogen-bond donors (Lipinski definition) is 0. The predicted molar refractivity (Wildman–Crippen MR) is 108 cm³/mol. The monoisotopic (exact) mass is 395 g/mol. The van der Waals surface area contributed by atoms with Gasteiger partial charge in [0, 0.05) is 56.1 Å². The van der Waals surface area contributed by atoms with Crippen LogP contribution in [-0.2, 0) is 7.05 Å². The fourth-order valence-corrected chi connectivity index (χ4v) is 3.51. The van der Waals surface area contributed by atoms with E-state index in [1.165, 1.54) is 0 Å². The van der Waals surface area contributed by atoms with Gasteiger partial charge in [-0.3, -0.25) is 9.67 Å². The smallest absolute Gasteiger partial charge is 0.298 e. The van der Waals surface area contributed by atoms with Crippen molar-refractivity contribution < 1.29 is 4.42 Å². The largest absolute Gasteiger partial charge is 0.423 e. The molecule has 0 amide bonds. The molecule has 0 radical (unpaired) electrons. The van der Waals surface area contributed by atoms with E-state index in [0.29, 0.717) is 16.6 Å². The van der Waals surface area contributed by atoms with Crippen molar-refractivity contribution in [2.45, 2.75) is 0 Å². The first-order valence-corrected chi connectivity index (χ1v) is 9.40. The van der Waals surface area contributed by atoms with Gasteiger partial charge in [-0.25, -0.2) is 4.98 Å². The third kappa shape index (κ3) is 3.16. The summed E-state index contributed by atoms with van der Waals surface area (Å²) in [6.07, 6.45) is 7.30. The van der Waals surface area contributed by atoms with Gasteiger partial charge in [0.15, 0.2) is 5.58 Å². The third-order valence-corrected chi connectivity index (χ3v) is 5.07. The molecule has 0 bridgehead atoms. The molecule has 1 saturated heterocycles. The number of anilines is 2. The highest BCUT2D eigenvalue weighted by Crippen LogP contribution is 2.26. The average Bonchev–Trinajstić information content (AvgIpc) is 3.34. The number of nitrogens with zero attached hydrogens (tertiary/aromatic N) is 7. The third-order valence-electron chi connectivity index (χ3n) is 4.84. The number of halogens is 1. The maximum Gasteiger partial charge on any atom is 0.298 e. The summed E-state index contributed by atoms with van der Waals surface area (Å²) in [4.78, 5) is 18.1. The molecule has 1 aromatic carbocycles. The minimum absolute atomic E-state index is 0.632. The van der Waals surface area contributed by atoms with Crippen LogP contribution in [0.5, 0.6) is 0 Å². The molecule has 9 heteroatoms. The number of hydrogen-bond acceptors (Lipinski definition) is 7. The van der Waals surface area contributed by atoms with E-state index in [2.05, 4.69) is 24.9 Å². The van der Waals surface area contributed by atoms with Crippen LogP contribution in [0, 0.1) is 0 Å². The van der Waals surface area contributed by atoms with Crippen molar-refractivity contribution in [3.63, 3.8) is 0 Å². The first-order chi connectivity index (χ1) is 13.7. The molecule has 8 nitrogen and oxygen atoms in total. The second-order valence-electron chi connectivity index (χ2n) is 6.75. The van der Waals surface area contributed by atoms with Crippen molar-refractivity contribution in [2.75, 3.05) is 36.0 Å². The van der Waals surface area contributed by atoms with Crippen molar-refractivity contribution in [1.82, 2.24) is 24.7 Å².